The number of halogens is 3. The molecule has 0 saturated carbocycles. The molecule has 1 amide bonds. The highest BCUT2D eigenvalue weighted by atomic mass is 19.4. The van der Waals surface area contributed by atoms with Gasteiger partial charge < -0.3 is 9.80 Å². The second kappa shape index (κ2) is 7.72. The van der Waals surface area contributed by atoms with Crippen LogP contribution in [-0.2, 0) is 17.5 Å². The molecule has 2 aromatic carbocycles. The third kappa shape index (κ3) is 4.00. The fourth-order valence-electron chi connectivity index (χ4n) is 3.98. The van der Waals surface area contributed by atoms with E-state index < -0.39 is 17.8 Å². The number of carbonyl (C=O) groups is 1. The fraction of sp³-hybridized carbons (Fsp3) is 0.250. The molecule has 4 rings (SSSR count). The summed E-state index contributed by atoms with van der Waals surface area (Å²) < 4.78 is 40.3. The Morgan fingerprint density at radius 1 is 1.06 bits per heavy atom. The quantitative estimate of drug-likeness (QED) is 0.561. The first-order valence-corrected chi connectivity index (χ1v) is 9.90. The van der Waals surface area contributed by atoms with Gasteiger partial charge >= 0.3 is 6.18 Å². The molecule has 0 N–H and O–H groups in total. The summed E-state index contributed by atoms with van der Waals surface area (Å²) in [7, 11) is 1.68. The number of rotatable bonds is 3. The van der Waals surface area contributed by atoms with E-state index in [2.05, 4.69) is 4.98 Å². The first-order valence-electron chi connectivity index (χ1n) is 9.90. The van der Waals surface area contributed by atoms with Crippen molar-refractivity contribution in [1.82, 2.24) is 4.98 Å². The Morgan fingerprint density at radius 3 is 2.52 bits per heavy atom. The number of carbonyl (C=O) groups excluding carboxylic acids is 1. The van der Waals surface area contributed by atoms with Gasteiger partial charge in [0.1, 0.15) is 11.9 Å². The fourth-order valence-corrected chi connectivity index (χ4v) is 3.98. The van der Waals surface area contributed by atoms with E-state index in [-0.39, 0.29) is 17.4 Å². The van der Waals surface area contributed by atoms with E-state index in [9.17, 15) is 18.0 Å². The molecule has 1 aliphatic rings. The number of hydrogen-bond acceptors (Lipinski definition) is 3. The number of pyridine rings is 1. The van der Waals surface area contributed by atoms with Crippen LogP contribution in [0.1, 0.15) is 34.0 Å². The Hall–Kier alpha value is -3.35. The maximum Gasteiger partial charge on any atom is 0.416 e. The van der Waals surface area contributed by atoms with Crippen LogP contribution in [0.2, 0.25) is 0 Å². The van der Waals surface area contributed by atoms with Gasteiger partial charge in [-0.05, 0) is 54.8 Å². The van der Waals surface area contributed by atoms with Crippen LogP contribution in [0.25, 0.3) is 0 Å². The molecular formula is C24H22F3N3O. The zero-order valence-electron chi connectivity index (χ0n) is 17.4. The van der Waals surface area contributed by atoms with Crippen LogP contribution in [0.4, 0.5) is 24.7 Å². The summed E-state index contributed by atoms with van der Waals surface area (Å²) in [4.78, 5) is 21.2. The van der Waals surface area contributed by atoms with Gasteiger partial charge in [-0.1, -0.05) is 36.4 Å². The molecule has 0 fully saturated rings. The standard InChI is InChI=1S/C24H22F3N3O/c1-15-7-6-9-19(11-15)29(3)23(31)22-20-10-5-4-8-17(20)14-30(22)21-13-18(24(25,26)27)12-16(2)28-21/h4-13,22H,14H2,1-3H3/t22-/m0/s1. The molecule has 1 atom stereocenters. The SMILES string of the molecule is Cc1cccc(N(C)C(=O)[C@@H]2c3ccccc3CN2c2cc(C(F)(F)F)cc(C)n2)c1. The van der Waals surface area contributed by atoms with E-state index in [0.29, 0.717) is 6.54 Å². The number of likely N-dealkylation sites (N-methyl/N-ethyl adjacent to an activating group) is 1. The molecule has 2 heterocycles. The molecule has 3 aromatic rings. The van der Waals surface area contributed by atoms with Crippen molar-refractivity contribution in [3.05, 3.63) is 88.6 Å². The van der Waals surface area contributed by atoms with Gasteiger partial charge in [-0.2, -0.15) is 13.2 Å². The number of hydrogen-bond donors (Lipinski definition) is 0. The molecule has 0 unspecified atom stereocenters. The molecule has 0 bridgehead atoms. The molecule has 160 valence electrons. The number of fused-ring (bicyclic) bond motifs is 1. The first kappa shape index (κ1) is 20.9. The summed E-state index contributed by atoms with van der Waals surface area (Å²) in [6.07, 6.45) is -4.49. The van der Waals surface area contributed by atoms with Crippen LogP contribution in [0.15, 0.2) is 60.7 Å². The van der Waals surface area contributed by atoms with Crippen molar-refractivity contribution >= 4 is 17.4 Å². The highest BCUT2D eigenvalue weighted by molar-refractivity contribution is 6.00. The molecule has 31 heavy (non-hydrogen) atoms. The number of aromatic nitrogens is 1. The van der Waals surface area contributed by atoms with Crippen molar-refractivity contribution < 1.29 is 18.0 Å². The topological polar surface area (TPSA) is 36.4 Å². The first-order chi connectivity index (χ1) is 14.6. The van der Waals surface area contributed by atoms with E-state index in [1.165, 1.54) is 6.92 Å². The minimum atomic E-state index is -4.49. The number of alkyl halides is 3. The Labute approximate surface area is 178 Å². The molecule has 0 radical (unpaired) electrons. The Kier molecular flexibility index (Phi) is 5.21. The van der Waals surface area contributed by atoms with Crippen LogP contribution < -0.4 is 9.80 Å². The molecule has 7 heteroatoms. The molecule has 4 nitrogen and oxygen atoms in total. The minimum absolute atomic E-state index is 0.138. The molecule has 1 aliphatic heterocycles. The third-order valence-corrected chi connectivity index (χ3v) is 5.52. The number of benzene rings is 2. The maximum atomic E-state index is 13.6. The average Bonchev–Trinajstić information content (AvgIpc) is 3.11. The van der Waals surface area contributed by atoms with Gasteiger partial charge in [0, 0.05) is 25.0 Å². The highest BCUT2D eigenvalue weighted by Crippen LogP contribution is 2.40. The lowest BCUT2D eigenvalue weighted by molar-refractivity contribution is -0.137. The van der Waals surface area contributed by atoms with Gasteiger partial charge in [0.25, 0.3) is 5.91 Å². The maximum absolute atomic E-state index is 13.6. The van der Waals surface area contributed by atoms with Gasteiger partial charge in [0.2, 0.25) is 0 Å². The Balaban J connectivity index is 1.78. The highest BCUT2D eigenvalue weighted by Gasteiger charge is 2.39. The average molecular weight is 425 g/mol. The van der Waals surface area contributed by atoms with Gasteiger partial charge in [-0.3, -0.25) is 4.79 Å². The van der Waals surface area contributed by atoms with Crippen molar-refractivity contribution in [3.63, 3.8) is 0 Å². The van der Waals surface area contributed by atoms with Crippen molar-refractivity contribution in [2.75, 3.05) is 16.8 Å². The molecule has 0 spiro atoms. The van der Waals surface area contributed by atoms with Gasteiger partial charge in [-0.15, -0.1) is 0 Å². The number of amides is 1. The van der Waals surface area contributed by atoms with E-state index >= 15 is 0 Å². The van der Waals surface area contributed by atoms with Crippen LogP contribution in [-0.4, -0.2) is 17.9 Å². The van der Waals surface area contributed by atoms with Crippen LogP contribution in [0.5, 0.6) is 0 Å². The Morgan fingerprint density at radius 2 is 1.81 bits per heavy atom. The van der Waals surface area contributed by atoms with Crippen LogP contribution >= 0.6 is 0 Å². The number of nitrogens with zero attached hydrogens (tertiary/aromatic N) is 3. The molecular weight excluding hydrogens is 403 g/mol. The van der Waals surface area contributed by atoms with Gasteiger partial charge in [0.15, 0.2) is 0 Å². The number of aryl methyl sites for hydroxylation is 2. The zero-order valence-corrected chi connectivity index (χ0v) is 17.4. The van der Waals surface area contributed by atoms with Crippen LogP contribution in [0.3, 0.4) is 0 Å². The van der Waals surface area contributed by atoms with Gasteiger partial charge in [0.05, 0.1) is 5.56 Å². The lowest BCUT2D eigenvalue weighted by Gasteiger charge is -2.30. The lowest BCUT2D eigenvalue weighted by atomic mass is 10.0. The molecule has 0 saturated heterocycles. The number of anilines is 2. The molecule has 1 aromatic heterocycles. The Bertz CT molecular complexity index is 1140. The second-order valence-electron chi connectivity index (χ2n) is 7.82. The predicted molar refractivity (Wildman–Crippen MR) is 114 cm³/mol. The summed E-state index contributed by atoms with van der Waals surface area (Å²) in [5.41, 5.74) is 2.89. The van der Waals surface area contributed by atoms with Gasteiger partial charge in [-0.25, -0.2) is 4.98 Å². The third-order valence-electron chi connectivity index (χ3n) is 5.52. The van der Waals surface area contributed by atoms with E-state index in [1.54, 1.807) is 16.8 Å². The van der Waals surface area contributed by atoms with E-state index in [1.807, 2.05) is 55.5 Å². The monoisotopic (exact) mass is 425 g/mol. The smallest absolute Gasteiger partial charge is 0.336 e. The minimum Gasteiger partial charge on any atom is -0.336 e. The predicted octanol–water partition coefficient (Wildman–Crippen LogP) is 5.44. The normalized spacial score (nSPS) is 15.7. The summed E-state index contributed by atoms with van der Waals surface area (Å²) in [5, 5.41) is 0. The largest absolute Gasteiger partial charge is 0.416 e. The summed E-state index contributed by atoms with van der Waals surface area (Å²) in [5.74, 6) is -0.0908. The van der Waals surface area contributed by atoms with Crippen molar-refractivity contribution in [2.24, 2.45) is 0 Å². The van der Waals surface area contributed by atoms with Crippen LogP contribution in [0, 0.1) is 13.8 Å². The summed E-state index contributed by atoms with van der Waals surface area (Å²) >= 11 is 0. The van der Waals surface area contributed by atoms with E-state index in [4.69, 9.17) is 0 Å². The molecule has 0 aliphatic carbocycles. The van der Waals surface area contributed by atoms with E-state index in [0.717, 1.165) is 34.5 Å². The van der Waals surface area contributed by atoms with Crippen molar-refractivity contribution in [1.29, 1.82) is 0 Å². The summed E-state index contributed by atoms with van der Waals surface area (Å²) in [6, 6.07) is 16.2. The van der Waals surface area contributed by atoms with Crippen molar-refractivity contribution in [3.8, 4) is 0 Å². The second-order valence-corrected chi connectivity index (χ2v) is 7.82. The van der Waals surface area contributed by atoms with Crippen molar-refractivity contribution in [2.45, 2.75) is 32.6 Å². The zero-order chi connectivity index (χ0) is 22.3. The summed E-state index contributed by atoms with van der Waals surface area (Å²) in [6.45, 7) is 3.77. The lowest BCUT2D eigenvalue weighted by Crippen LogP contribution is -2.38.